The highest BCUT2D eigenvalue weighted by Crippen LogP contribution is 2.42. The molecule has 0 saturated heterocycles. The molecule has 14 rings (SSSR count). The second-order valence-corrected chi connectivity index (χ2v) is 17.2. The molecule has 6 heteroatoms. The number of hydrogen-bond acceptors (Lipinski definition) is 5. The summed E-state index contributed by atoms with van der Waals surface area (Å²) in [5.41, 5.74) is 18.3. The Morgan fingerprint density at radius 1 is 0.388 bits per heavy atom. The van der Waals surface area contributed by atoms with E-state index in [0.717, 1.165) is 83.7 Å². The van der Waals surface area contributed by atoms with Crippen molar-refractivity contribution in [3.05, 3.63) is 225 Å². The van der Waals surface area contributed by atoms with Crippen molar-refractivity contribution in [2.75, 3.05) is 4.90 Å². The summed E-state index contributed by atoms with van der Waals surface area (Å²) in [7, 11) is 0. The Balaban J connectivity index is 0.858. The van der Waals surface area contributed by atoms with Crippen LogP contribution in [0.5, 0.6) is 0 Å². The molecular weight excluding hydrogens is 819 g/mol. The fourth-order valence-electron chi connectivity index (χ4n) is 10.2. The number of para-hydroxylation sites is 3. The van der Waals surface area contributed by atoms with E-state index >= 15 is 0 Å². The van der Waals surface area contributed by atoms with E-state index in [1.165, 1.54) is 43.7 Å². The number of nitrogens with zero attached hydrogens (tertiary/aromatic N) is 5. The minimum Gasteiger partial charge on any atom is -0.438 e. The van der Waals surface area contributed by atoms with Crippen LogP contribution in [-0.4, -0.2) is 19.4 Å². The van der Waals surface area contributed by atoms with Gasteiger partial charge in [0.05, 0.1) is 39.0 Å². The first-order chi connectivity index (χ1) is 33.2. The van der Waals surface area contributed by atoms with Gasteiger partial charge in [-0.2, -0.15) is 0 Å². The number of fused-ring (bicyclic) bond motifs is 10. The van der Waals surface area contributed by atoms with Gasteiger partial charge >= 0.3 is 0 Å². The van der Waals surface area contributed by atoms with Crippen molar-refractivity contribution < 1.29 is 4.42 Å². The average molecular weight is 856 g/mol. The van der Waals surface area contributed by atoms with Crippen LogP contribution in [0.25, 0.3) is 116 Å². The number of benzene rings is 8. The molecule has 312 valence electrons. The van der Waals surface area contributed by atoms with Crippen LogP contribution in [-0.2, 0) is 0 Å². The molecule has 0 aliphatic carbocycles. The van der Waals surface area contributed by atoms with E-state index in [1.807, 2.05) is 42.6 Å². The maximum absolute atomic E-state index is 6.16. The summed E-state index contributed by atoms with van der Waals surface area (Å²) < 4.78 is 8.60. The van der Waals surface area contributed by atoms with Crippen LogP contribution >= 0.6 is 0 Å². The molecule has 0 spiro atoms. The zero-order chi connectivity index (χ0) is 44.0. The highest BCUT2D eigenvalue weighted by molar-refractivity contribution is 6.23. The summed E-state index contributed by atoms with van der Waals surface area (Å²) in [5.74, 6) is 0. The fraction of sp³-hybridized carbons (Fsp3) is 0. The summed E-state index contributed by atoms with van der Waals surface area (Å²) in [6.07, 6.45) is 1.83. The number of furan rings is 1. The van der Waals surface area contributed by atoms with E-state index in [4.69, 9.17) is 19.4 Å². The summed E-state index contributed by atoms with van der Waals surface area (Å²) in [4.78, 5) is 17.1. The first kappa shape index (κ1) is 37.3. The number of rotatable bonds is 7. The molecule has 0 unspecified atom stereocenters. The molecule has 6 heterocycles. The van der Waals surface area contributed by atoms with Crippen molar-refractivity contribution in [2.45, 2.75) is 0 Å². The molecule has 0 amide bonds. The van der Waals surface area contributed by atoms with Gasteiger partial charge in [0.1, 0.15) is 5.58 Å². The molecular formula is C61H37N5O. The average Bonchev–Trinajstić information content (AvgIpc) is 4.06. The lowest BCUT2D eigenvalue weighted by molar-refractivity contribution is 0.654. The first-order valence-corrected chi connectivity index (χ1v) is 22.6. The quantitative estimate of drug-likeness (QED) is 0.160. The Kier molecular flexibility index (Phi) is 8.18. The third-order valence-electron chi connectivity index (χ3n) is 13.4. The lowest BCUT2D eigenvalue weighted by Crippen LogP contribution is -2.09. The Morgan fingerprint density at radius 3 is 1.76 bits per heavy atom. The van der Waals surface area contributed by atoms with Gasteiger partial charge in [0.2, 0.25) is 5.71 Å². The van der Waals surface area contributed by atoms with Crippen molar-refractivity contribution in [2.24, 2.45) is 0 Å². The molecule has 0 aliphatic heterocycles. The molecule has 6 aromatic heterocycles. The number of aromatic nitrogens is 4. The van der Waals surface area contributed by atoms with Gasteiger partial charge in [-0.05, 0) is 102 Å². The Bertz CT molecular complexity index is 4190. The summed E-state index contributed by atoms with van der Waals surface area (Å²) in [6, 6.07) is 77.4. The minimum atomic E-state index is 0.639. The van der Waals surface area contributed by atoms with Gasteiger partial charge in [-0.3, -0.25) is 4.98 Å². The maximum Gasteiger partial charge on any atom is 0.227 e. The van der Waals surface area contributed by atoms with E-state index < -0.39 is 0 Å². The lowest BCUT2D eigenvalue weighted by Gasteiger charge is -2.26. The minimum absolute atomic E-state index is 0.639. The van der Waals surface area contributed by atoms with Crippen LogP contribution in [0, 0.1) is 0 Å². The third kappa shape index (κ3) is 5.93. The monoisotopic (exact) mass is 855 g/mol. The van der Waals surface area contributed by atoms with Crippen LogP contribution in [0.2, 0.25) is 0 Å². The molecule has 0 bridgehead atoms. The molecule has 0 N–H and O–H groups in total. The van der Waals surface area contributed by atoms with Crippen molar-refractivity contribution in [1.29, 1.82) is 0 Å². The van der Waals surface area contributed by atoms with Gasteiger partial charge in [-0.1, -0.05) is 133 Å². The van der Waals surface area contributed by atoms with Crippen molar-refractivity contribution >= 4 is 88.3 Å². The molecule has 0 radical (unpaired) electrons. The zero-order valence-corrected chi connectivity index (χ0v) is 36.0. The van der Waals surface area contributed by atoms with Crippen molar-refractivity contribution in [3.63, 3.8) is 0 Å². The highest BCUT2D eigenvalue weighted by atomic mass is 16.3. The van der Waals surface area contributed by atoms with Crippen LogP contribution in [0.15, 0.2) is 229 Å². The van der Waals surface area contributed by atoms with Gasteiger partial charge in [-0.25, -0.2) is 9.97 Å². The number of pyridine rings is 3. The summed E-state index contributed by atoms with van der Waals surface area (Å²) in [6.45, 7) is 0. The van der Waals surface area contributed by atoms with E-state index in [9.17, 15) is 0 Å². The normalized spacial score (nSPS) is 11.9. The van der Waals surface area contributed by atoms with Crippen LogP contribution < -0.4 is 4.90 Å². The van der Waals surface area contributed by atoms with Crippen LogP contribution in [0.1, 0.15) is 0 Å². The van der Waals surface area contributed by atoms with Crippen molar-refractivity contribution in [3.8, 4) is 44.8 Å². The lowest BCUT2D eigenvalue weighted by atomic mass is 10.0. The van der Waals surface area contributed by atoms with Gasteiger partial charge in [0.15, 0.2) is 0 Å². The SMILES string of the molecule is c1ccc(-c2cc(-c3ccc(N(c4ccc(-c5ccc6c7cccc8c9ccccc9n(c6c5)c87)cc4)c4ccc(-c5ccc6c(n5)oc5ccccc56)cc4)cc3)nc3cccnc23)cc1. The summed E-state index contributed by atoms with van der Waals surface area (Å²) in [5, 5.41) is 7.22. The van der Waals surface area contributed by atoms with Crippen LogP contribution in [0.3, 0.4) is 0 Å². The molecule has 0 aliphatic rings. The second kappa shape index (κ2) is 14.7. The van der Waals surface area contributed by atoms with Gasteiger partial charge in [-0.15, -0.1) is 0 Å². The Labute approximate surface area is 384 Å². The van der Waals surface area contributed by atoms with Gasteiger partial charge in [0.25, 0.3) is 0 Å². The van der Waals surface area contributed by atoms with Crippen molar-refractivity contribution in [1.82, 2.24) is 19.4 Å². The first-order valence-electron chi connectivity index (χ1n) is 22.6. The van der Waals surface area contributed by atoms with Gasteiger partial charge < -0.3 is 13.7 Å². The van der Waals surface area contributed by atoms with Gasteiger partial charge in [0, 0.05) is 72.3 Å². The van der Waals surface area contributed by atoms with E-state index in [0.29, 0.717) is 5.71 Å². The summed E-state index contributed by atoms with van der Waals surface area (Å²) >= 11 is 0. The predicted octanol–water partition coefficient (Wildman–Crippen LogP) is 16.2. The Morgan fingerprint density at radius 2 is 1.00 bits per heavy atom. The van der Waals surface area contributed by atoms with E-state index in [1.54, 1.807) is 0 Å². The van der Waals surface area contributed by atoms with E-state index in [-0.39, 0.29) is 0 Å². The highest BCUT2D eigenvalue weighted by Gasteiger charge is 2.19. The second-order valence-electron chi connectivity index (χ2n) is 17.2. The smallest absolute Gasteiger partial charge is 0.227 e. The van der Waals surface area contributed by atoms with E-state index in [2.05, 4.69) is 191 Å². The number of anilines is 3. The van der Waals surface area contributed by atoms with Crippen LogP contribution in [0.4, 0.5) is 17.1 Å². The topological polar surface area (TPSA) is 59.5 Å². The fourth-order valence-corrected chi connectivity index (χ4v) is 10.2. The molecule has 14 aromatic rings. The predicted molar refractivity (Wildman–Crippen MR) is 276 cm³/mol. The molecule has 6 nitrogen and oxygen atoms in total. The maximum atomic E-state index is 6.16. The zero-order valence-electron chi connectivity index (χ0n) is 36.0. The molecule has 0 atom stereocenters. The largest absolute Gasteiger partial charge is 0.438 e. The number of hydrogen-bond donors (Lipinski definition) is 0. The molecule has 0 fully saturated rings. The standard InChI is InChI=1S/C61H37N5O/c1-2-10-39(11-3-1)52-37-55(63-54-16-9-35-62-59(52)54)41-23-30-45(31-24-41)65(44-28-21-40(22-29-44)53-34-33-51-48-13-5-7-18-58(48)67-61(51)64-53)43-26-19-38(20-27-43)42-25-32-47-50-15-8-14-49-46-12-4-6-17-56(46)66(60(49)50)57(47)36-42/h1-37H. The third-order valence-corrected chi connectivity index (χ3v) is 13.4. The molecule has 67 heavy (non-hydrogen) atoms. The molecule has 8 aromatic carbocycles. The molecule has 0 saturated carbocycles. The Hall–Kier alpha value is -9.13.